The highest BCUT2D eigenvalue weighted by molar-refractivity contribution is 6.04. The van der Waals surface area contributed by atoms with Crippen molar-refractivity contribution in [2.24, 2.45) is 0 Å². The molecule has 7 nitrogen and oxygen atoms in total. The molecule has 1 aliphatic carbocycles. The summed E-state index contributed by atoms with van der Waals surface area (Å²) in [6.07, 6.45) is 5.25. The molecule has 0 fully saturated rings. The summed E-state index contributed by atoms with van der Waals surface area (Å²) in [5.74, 6) is -0.0474. The molecular weight excluding hydrogens is 308 g/mol. The molecule has 0 unspecified atom stereocenters. The molecule has 0 radical (unpaired) electrons. The van der Waals surface area contributed by atoms with E-state index in [-0.39, 0.29) is 17.4 Å². The first kappa shape index (κ1) is 14.6. The zero-order valence-corrected chi connectivity index (χ0v) is 13.2. The van der Waals surface area contributed by atoms with E-state index in [0.29, 0.717) is 16.9 Å². The Morgan fingerprint density at radius 3 is 2.92 bits per heavy atom. The number of hydrogen-bond donors (Lipinski definition) is 1. The van der Waals surface area contributed by atoms with Gasteiger partial charge in [0.1, 0.15) is 5.65 Å². The topological polar surface area (TPSA) is 89.5 Å². The van der Waals surface area contributed by atoms with Gasteiger partial charge in [-0.1, -0.05) is 5.16 Å². The van der Waals surface area contributed by atoms with Gasteiger partial charge < -0.3 is 4.52 Å². The normalized spacial score (nSPS) is 13.7. The summed E-state index contributed by atoms with van der Waals surface area (Å²) in [5, 5.41) is 6.36. The van der Waals surface area contributed by atoms with Gasteiger partial charge in [0.05, 0.1) is 11.4 Å². The molecule has 122 valence electrons. The first-order valence-electron chi connectivity index (χ1n) is 7.90. The number of nitrogens with zero attached hydrogens (tertiary/aromatic N) is 3. The summed E-state index contributed by atoms with van der Waals surface area (Å²) in [6.45, 7) is 1.77. The standard InChI is InChI=1S/C17H16N4O3/c1-10-8-15(24-20-10)19-16(22)11-6-7-21-14(9-11)18-13-5-3-2-4-12(13)17(21)23/h6-9H,2-5H2,1H3,(H,19,22). The van der Waals surface area contributed by atoms with Crippen LogP contribution < -0.4 is 10.9 Å². The number of pyridine rings is 1. The summed E-state index contributed by atoms with van der Waals surface area (Å²) >= 11 is 0. The van der Waals surface area contributed by atoms with Crippen molar-refractivity contribution in [3.63, 3.8) is 0 Å². The highest BCUT2D eigenvalue weighted by Gasteiger charge is 2.17. The van der Waals surface area contributed by atoms with Crippen LogP contribution in [0.3, 0.4) is 0 Å². The van der Waals surface area contributed by atoms with Crippen molar-refractivity contribution in [3.05, 3.63) is 57.3 Å². The molecule has 0 saturated heterocycles. The van der Waals surface area contributed by atoms with Gasteiger partial charge in [0, 0.05) is 23.4 Å². The lowest BCUT2D eigenvalue weighted by Gasteiger charge is -2.15. The second-order valence-corrected chi connectivity index (χ2v) is 5.98. The zero-order chi connectivity index (χ0) is 16.7. The second kappa shape index (κ2) is 5.59. The molecular formula is C17H16N4O3. The van der Waals surface area contributed by atoms with Gasteiger partial charge in [-0.2, -0.15) is 0 Å². The molecule has 4 rings (SSSR count). The number of aryl methyl sites for hydroxylation is 2. The first-order valence-corrected chi connectivity index (χ1v) is 7.90. The van der Waals surface area contributed by atoms with Crippen LogP contribution >= 0.6 is 0 Å². The number of rotatable bonds is 2. The molecule has 1 aliphatic rings. The largest absolute Gasteiger partial charge is 0.338 e. The molecule has 3 aromatic heterocycles. The van der Waals surface area contributed by atoms with E-state index in [1.54, 1.807) is 31.3 Å². The number of carbonyl (C=O) groups is 1. The average molecular weight is 324 g/mol. The molecule has 3 heterocycles. The molecule has 1 amide bonds. The Kier molecular flexibility index (Phi) is 3.41. The van der Waals surface area contributed by atoms with Crippen molar-refractivity contribution < 1.29 is 9.32 Å². The molecule has 0 bridgehead atoms. The Morgan fingerprint density at radius 2 is 2.12 bits per heavy atom. The van der Waals surface area contributed by atoms with Crippen molar-refractivity contribution in [1.29, 1.82) is 0 Å². The van der Waals surface area contributed by atoms with Gasteiger partial charge in [-0.05, 0) is 44.7 Å². The van der Waals surface area contributed by atoms with Crippen LogP contribution in [-0.4, -0.2) is 20.4 Å². The smallest absolute Gasteiger partial charge is 0.261 e. The minimum atomic E-state index is -0.333. The van der Waals surface area contributed by atoms with Gasteiger partial charge in [0.25, 0.3) is 11.5 Å². The van der Waals surface area contributed by atoms with E-state index in [4.69, 9.17) is 4.52 Å². The summed E-state index contributed by atoms with van der Waals surface area (Å²) in [6, 6.07) is 4.86. The Bertz CT molecular complexity index is 1000. The van der Waals surface area contributed by atoms with Crippen molar-refractivity contribution in [2.75, 3.05) is 5.32 Å². The average Bonchev–Trinajstić information content (AvgIpc) is 2.99. The van der Waals surface area contributed by atoms with Crippen molar-refractivity contribution >= 4 is 17.4 Å². The summed E-state index contributed by atoms with van der Waals surface area (Å²) < 4.78 is 6.48. The van der Waals surface area contributed by atoms with Gasteiger partial charge >= 0.3 is 0 Å². The van der Waals surface area contributed by atoms with Crippen LogP contribution in [0.4, 0.5) is 5.88 Å². The van der Waals surface area contributed by atoms with Crippen LogP contribution in [0.2, 0.25) is 0 Å². The molecule has 0 aliphatic heterocycles. The van der Waals surface area contributed by atoms with Crippen LogP contribution in [0.15, 0.2) is 33.7 Å². The second-order valence-electron chi connectivity index (χ2n) is 5.98. The summed E-state index contributed by atoms with van der Waals surface area (Å²) in [5.41, 5.74) is 3.20. The fourth-order valence-electron chi connectivity index (χ4n) is 3.02. The maximum atomic E-state index is 12.5. The van der Waals surface area contributed by atoms with Crippen LogP contribution in [-0.2, 0) is 12.8 Å². The molecule has 1 N–H and O–H groups in total. The van der Waals surface area contributed by atoms with Gasteiger partial charge in [-0.25, -0.2) is 4.98 Å². The van der Waals surface area contributed by atoms with E-state index >= 15 is 0 Å². The lowest BCUT2D eigenvalue weighted by atomic mass is 9.97. The maximum absolute atomic E-state index is 12.5. The van der Waals surface area contributed by atoms with Crippen molar-refractivity contribution in [1.82, 2.24) is 14.5 Å². The predicted octanol–water partition coefficient (Wildman–Crippen LogP) is 2.12. The Balaban J connectivity index is 1.72. The monoisotopic (exact) mass is 324 g/mol. The third kappa shape index (κ3) is 2.47. The first-order chi connectivity index (χ1) is 11.6. The van der Waals surface area contributed by atoms with Gasteiger partial charge in [0.2, 0.25) is 5.88 Å². The number of carbonyl (C=O) groups excluding carboxylic acids is 1. The molecule has 0 aromatic carbocycles. The van der Waals surface area contributed by atoms with E-state index in [9.17, 15) is 9.59 Å². The highest BCUT2D eigenvalue weighted by Crippen LogP contribution is 2.18. The van der Waals surface area contributed by atoms with Crippen LogP contribution in [0.1, 0.15) is 40.2 Å². The predicted molar refractivity (Wildman–Crippen MR) is 87.3 cm³/mol. The van der Waals surface area contributed by atoms with Gasteiger partial charge in [0.15, 0.2) is 0 Å². The number of fused-ring (bicyclic) bond motifs is 2. The minimum Gasteiger partial charge on any atom is -0.338 e. The van der Waals surface area contributed by atoms with E-state index in [1.165, 1.54) is 4.40 Å². The highest BCUT2D eigenvalue weighted by atomic mass is 16.5. The zero-order valence-electron chi connectivity index (χ0n) is 13.2. The number of nitrogens with one attached hydrogen (secondary N) is 1. The molecule has 0 atom stereocenters. The van der Waals surface area contributed by atoms with Crippen LogP contribution in [0, 0.1) is 6.92 Å². The van der Waals surface area contributed by atoms with E-state index < -0.39 is 0 Å². The fourth-order valence-corrected chi connectivity index (χ4v) is 3.02. The lowest BCUT2D eigenvalue weighted by molar-refractivity contribution is 0.102. The van der Waals surface area contributed by atoms with Crippen LogP contribution in [0.5, 0.6) is 0 Å². The number of amides is 1. The summed E-state index contributed by atoms with van der Waals surface area (Å²) in [4.78, 5) is 29.5. The molecule has 24 heavy (non-hydrogen) atoms. The molecule has 0 saturated carbocycles. The Hall–Kier alpha value is -2.96. The number of anilines is 1. The fraction of sp³-hybridized carbons (Fsp3) is 0.294. The van der Waals surface area contributed by atoms with E-state index in [1.807, 2.05) is 0 Å². The number of aromatic nitrogens is 3. The van der Waals surface area contributed by atoms with E-state index in [0.717, 1.165) is 36.9 Å². The van der Waals surface area contributed by atoms with Gasteiger partial charge in [-0.3, -0.25) is 19.3 Å². The maximum Gasteiger partial charge on any atom is 0.261 e. The molecule has 3 aromatic rings. The molecule has 7 heteroatoms. The van der Waals surface area contributed by atoms with Crippen LogP contribution in [0.25, 0.3) is 5.65 Å². The van der Waals surface area contributed by atoms with Gasteiger partial charge in [-0.15, -0.1) is 0 Å². The Morgan fingerprint density at radius 1 is 1.29 bits per heavy atom. The number of hydrogen-bond acceptors (Lipinski definition) is 5. The summed E-state index contributed by atoms with van der Waals surface area (Å²) in [7, 11) is 0. The van der Waals surface area contributed by atoms with Crippen molar-refractivity contribution in [3.8, 4) is 0 Å². The quantitative estimate of drug-likeness (QED) is 0.780. The Labute approximate surface area is 137 Å². The SMILES string of the molecule is Cc1cc(NC(=O)c2ccn3c(=O)c4c(nc3c2)CCCC4)on1. The minimum absolute atomic E-state index is 0.0347. The molecule has 0 spiro atoms. The van der Waals surface area contributed by atoms with E-state index in [2.05, 4.69) is 15.5 Å². The third-order valence-corrected chi connectivity index (χ3v) is 4.23. The third-order valence-electron chi connectivity index (χ3n) is 4.23. The lowest BCUT2D eigenvalue weighted by Crippen LogP contribution is -2.25. The van der Waals surface area contributed by atoms with Crippen molar-refractivity contribution in [2.45, 2.75) is 32.6 Å².